The van der Waals surface area contributed by atoms with Crippen LogP contribution in [0.1, 0.15) is 13.8 Å². The zero-order chi connectivity index (χ0) is 26.9. The van der Waals surface area contributed by atoms with E-state index >= 15 is 0 Å². The average molecular weight is 530 g/mol. The summed E-state index contributed by atoms with van der Waals surface area (Å²) in [6.45, 7) is 0.950. The lowest BCUT2D eigenvalue weighted by Crippen LogP contribution is -2.66. The van der Waals surface area contributed by atoms with E-state index in [1.54, 1.807) is 0 Å². The monoisotopic (exact) mass is 530 g/mol. The molecule has 0 unspecified atom stereocenters. The van der Waals surface area contributed by atoms with E-state index < -0.39 is 111 Å². The van der Waals surface area contributed by atoms with Crippen LogP contribution in [0.5, 0.6) is 0 Å². The average Bonchev–Trinajstić information content (AvgIpc) is 2.83. The molecule has 0 spiro atoms. The van der Waals surface area contributed by atoms with Crippen LogP contribution in [0.15, 0.2) is 0 Å². The maximum absolute atomic E-state index is 11.7. The molecule has 0 aromatic heterocycles. The van der Waals surface area contributed by atoms with Gasteiger partial charge in [-0.05, 0) is 6.92 Å². The summed E-state index contributed by atoms with van der Waals surface area (Å²) in [5.41, 5.74) is 0. The van der Waals surface area contributed by atoms with Crippen LogP contribution < -0.4 is 0 Å². The van der Waals surface area contributed by atoms with Gasteiger partial charge in [-0.15, -0.1) is 0 Å². The van der Waals surface area contributed by atoms with E-state index in [1.165, 1.54) is 6.92 Å². The van der Waals surface area contributed by atoms with Crippen molar-refractivity contribution >= 4 is 5.97 Å². The third kappa shape index (κ3) is 5.97. The molecule has 3 saturated heterocycles. The zero-order valence-electron chi connectivity index (χ0n) is 19.5. The number of carbonyl (C=O) groups is 1. The van der Waals surface area contributed by atoms with Crippen molar-refractivity contribution in [3.05, 3.63) is 0 Å². The lowest BCUT2D eigenvalue weighted by atomic mass is 9.96. The maximum atomic E-state index is 11.7. The molecule has 0 bridgehead atoms. The molecule has 210 valence electrons. The van der Waals surface area contributed by atoms with Crippen molar-refractivity contribution in [2.75, 3.05) is 13.2 Å². The smallest absolute Gasteiger partial charge is 0.303 e. The van der Waals surface area contributed by atoms with Gasteiger partial charge in [-0.25, -0.2) is 0 Å². The molecule has 0 radical (unpaired) electrons. The largest absolute Gasteiger partial charge is 0.454 e. The highest BCUT2D eigenvalue weighted by Gasteiger charge is 2.54. The van der Waals surface area contributed by atoms with Crippen LogP contribution >= 0.6 is 0 Å². The highest BCUT2D eigenvalue weighted by atomic mass is 16.8. The van der Waals surface area contributed by atoms with E-state index in [4.69, 9.17) is 28.4 Å². The Morgan fingerprint density at radius 3 is 1.53 bits per heavy atom. The van der Waals surface area contributed by atoms with Crippen LogP contribution in [0.4, 0.5) is 0 Å². The van der Waals surface area contributed by atoms with E-state index in [2.05, 4.69) is 0 Å². The molecule has 0 amide bonds. The van der Waals surface area contributed by atoms with Crippen molar-refractivity contribution in [3.8, 4) is 0 Å². The van der Waals surface area contributed by atoms with Gasteiger partial charge in [0.15, 0.2) is 25.0 Å². The SMILES string of the molecule is CC(=O)O[C@@H]1[C@H](O[C@H]2O[C@H](CO)[C@H](O)[C@H](O)[C@H]2O)[C@@H](O[C@@H]2O[C@H](CO)[C@@H](O)[C@H](O)[C@H]2O)[C@H](C)O[C@H]1O. The molecule has 0 aliphatic carbocycles. The Bertz CT molecular complexity index is 722. The van der Waals surface area contributed by atoms with Gasteiger partial charge in [0.05, 0.1) is 19.3 Å². The fourth-order valence-corrected chi connectivity index (χ4v) is 4.32. The fourth-order valence-electron chi connectivity index (χ4n) is 4.32. The molecule has 0 aromatic carbocycles. The van der Waals surface area contributed by atoms with Crippen molar-refractivity contribution in [1.29, 1.82) is 0 Å². The summed E-state index contributed by atoms with van der Waals surface area (Å²) in [6.07, 6.45) is -24.0. The predicted molar refractivity (Wildman–Crippen MR) is 109 cm³/mol. The molecular formula is C20H34O16. The number of esters is 1. The minimum absolute atomic E-state index is 0.735. The first-order chi connectivity index (χ1) is 16.9. The zero-order valence-corrected chi connectivity index (χ0v) is 19.5. The van der Waals surface area contributed by atoms with Gasteiger partial charge in [0.25, 0.3) is 0 Å². The molecule has 0 aromatic rings. The van der Waals surface area contributed by atoms with Crippen molar-refractivity contribution in [2.24, 2.45) is 0 Å². The summed E-state index contributed by atoms with van der Waals surface area (Å²) in [5, 5.41) is 90.2. The molecule has 9 N–H and O–H groups in total. The number of hydrogen-bond donors (Lipinski definition) is 9. The third-order valence-corrected chi connectivity index (χ3v) is 6.33. The van der Waals surface area contributed by atoms with Gasteiger partial charge in [0.1, 0.15) is 61.0 Å². The van der Waals surface area contributed by atoms with Crippen LogP contribution in [-0.4, -0.2) is 157 Å². The Balaban J connectivity index is 1.89. The maximum Gasteiger partial charge on any atom is 0.303 e. The van der Waals surface area contributed by atoms with E-state index in [1.807, 2.05) is 0 Å². The van der Waals surface area contributed by atoms with Crippen molar-refractivity contribution in [1.82, 2.24) is 0 Å². The molecule has 3 aliphatic heterocycles. The Kier molecular flexibility index (Phi) is 9.97. The molecule has 16 nitrogen and oxygen atoms in total. The van der Waals surface area contributed by atoms with Gasteiger partial charge in [-0.3, -0.25) is 4.79 Å². The fraction of sp³-hybridized carbons (Fsp3) is 0.950. The second kappa shape index (κ2) is 12.2. The Morgan fingerprint density at radius 2 is 1.11 bits per heavy atom. The molecule has 3 heterocycles. The van der Waals surface area contributed by atoms with Crippen LogP contribution in [-0.2, 0) is 33.2 Å². The van der Waals surface area contributed by atoms with Crippen LogP contribution in [0.3, 0.4) is 0 Å². The molecule has 16 heteroatoms. The highest BCUT2D eigenvalue weighted by molar-refractivity contribution is 5.66. The Labute approximate surface area is 205 Å². The lowest BCUT2D eigenvalue weighted by molar-refractivity contribution is -0.381. The van der Waals surface area contributed by atoms with Gasteiger partial charge in [-0.1, -0.05) is 0 Å². The van der Waals surface area contributed by atoms with E-state index in [0.717, 1.165) is 6.92 Å². The normalized spacial score (nSPS) is 50.0. The molecule has 3 rings (SSSR count). The Hall–Kier alpha value is -1.09. The first kappa shape index (κ1) is 29.5. The van der Waals surface area contributed by atoms with Crippen LogP contribution in [0.25, 0.3) is 0 Å². The van der Waals surface area contributed by atoms with Gasteiger partial charge >= 0.3 is 5.97 Å². The Morgan fingerprint density at radius 1 is 0.667 bits per heavy atom. The van der Waals surface area contributed by atoms with E-state index in [0.29, 0.717) is 0 Å². The predicted octanol–water partition coefficient (Wildman–Crippen LogP) is -5.97. The second-order valence-electron chi connectivity index (χ2n) is 8.90. The lowest BCUT2D eigenvalue weighted by Gasteiger charge is -2.48. The minimum Gasteiger partial charge on any atom is -0.454 e. The summed E-state index contributed by atoms with van der Waals surface area (Å²) in [4.78, 5) is 11.7. The highest BCUT2D eigenvalue weighted by Crippen LogP contribution is 2.33. The first-order valence-corrected chi connectivity index (χ1v) is 11.3. The molecule has 3 aliphatic rings. The van der Waals surface area contributed by atoms with E-state index in [-0.39, 0.29) is 0 Å². The van der Waals surface area contributed by atoms with Crippen molar-refractivity contribution < 1.29 is 79.2 Å². The topological polar surface area (TPSA) is 255 Å². The number of rotatable bonds is 7. The summed E-state index contributed by atoms with van der Waals surface area (Å²) >= 11 is 0. The summed E-state index contributed by atoms with van der Waals surface area (Å²) in [7, 11) is 0. The standard InChI is InChI=1S/C20H34O16/c1-5-15(35-19-13(28)11(26)9(24)7(3-21)33-19)16(17(18(30)31-5)32-6(2)23)36-20-14(29)12(27)10(25)8(4-22)34-20/h5,7-22,24-30H,3-4H2,1-2H3/t5-,7+,8+,9+,10-,11-,12-,13+,14+,15-,16+,17+,18+,19-,20+/m0/s1. The molecule has 3 fully saturated rings. The third-order valence-electron chi connectivity index (χ3n) is 6.33. The number of ether oxygens (including phenoxy) is 6. The summed E-state index contributed by atoms with van der Waals surface area (Å²) < 4.78 is 32.7. The number of aliphatic hydroxyl groups excluding tert-OH is 9. The molecule has 15 atom stereocenters. The summed E-state index contributed by atoms with van der Waals surface area (Å²) in [5.74, 6) is -0.869. The van der Waals surface area contributed by atoms with Crippen molar-refractivity contribution in [2.45, 2.75) is 106 Å². The van der Waals surface area contributed by atoms with E-state index in [9.17, 15) is 50.8 Å². The van der Waals surface area contributed by atoms with Gasteiger partial charge in [0.2, 0.25) is 0 Å². The number of carbonyl (C=O) groups excluding carboxylic acids is 1. The summed E-state index contributed by atoms with van der Waals surface area (Å²) in [6, 6.07) is 0. The van der Waals surface area contributed by atoms with Gasteiger partial charge < -0.3 is 74.4 Å². The van der Waals surface area contributed by atoms with Gasteiger partial charge in [-0.2, -0.15) is 0 Å². The minimum atomic E-state index is -1.86. The quantitative estimate of drug-likeness (QED) is 0.139. The van der Waals surface area contributed by atoms with Gasteiger partial charge in [0, 0.05) is 6.92 Å². The molecular weight excluding hydrogens is 496 g/mol. The van der Waals surface area contributed by atoms with Crippen LogP contribution in [0, 0.1) is 0 Å². The number of aliphatic hydroxyl groups is 9. The molecule has 0 saturated carbocycles. The first-order valence-electron chi connectivity index (χ1n) is 11.3. The van der Waals surface area contributed by atoms with Crippen LogP contribution in [0.2, 0.25) is 0 Å². The van der Waals surface area contributed by atoms with Crippen molar-refractivity contribution in [3.63, 3.8) is 0 Å². The second-order valence-corrected chi connectivity index (χ2v) is 8.90. The number of hydrogen-bond acceptors (Lipinski definition) is 16. The molecule has 36 heavy (non-hydrogen) atoms.